The van der Waals surface area contributed by atoms with Crippen LogP contribution in [0.15, 0.2) is 24.3 Å². The Morgan fingerprint density at radius 1 is 1.44 bits per heavy atom. The van der Waals surface area contributed by atoms with Crippen LogP contribution in [0.1, 0.15) is 16.8 Å². The SMILES string of the molecule is CN(C)C(=O)c1cccc(OCCCN)c1. The van der Waals surface area contributed by atoms with E-state index in [1.165, 1.54) is 0 Å². The summed E-state index contributed by atoms with van der Waals surface area (Å²) in [5.74, 6) is 0.686. The second-order valence-corrected chi connectivity index (χ2v) is 3.72. The van der Waals surface area contributed by atoms with Gasteiger partial charge < -0.3 is 15.4 Å². The molecule has 4 heteroatoms. The van der Waals surface area contributed by atoms with Crippen molar-refractivity contribution in [3.63, 3.8) is 0 Å². The Kier molecular flexibility index (Phi) is 4.79. The summed E-state index contributed by atoms with van der Waals surface area (Å²) in [7, 11) is 3.45. The van der Waals surface area contributed by atoms with Crippen molar-refractivity contribution < 1.29 is 9.53 Å². The number of amides is 1. The van der Waals surface area contributed by atoms with Gasteiger partial charge in [0.1, 0.15) is 5.75 Å². The average molecular weight is 222 g/mol. The molecule has 0 saturated carbocycles. The van der Waals surface area contributed by atoms with E-state index in [1.54, 1.807) is 31.1 Å². The summed E-state index contributed by atoms with van der Waals surface area (Å²) in [6.07, 6.45) is 0.811. The number of nitrogens with two attached hydrogens (primary N) is 1. The van der Waals surface area contributed by atoms with Crippen LogP contribution in [-0.4, -0.2) is 38.1 Å². The molecule has 0 aromatic heterocycles. The fraction of sp³-hybridized carbons (Fsp3) is 0.417. The molecule has 0 unspecified atom stereocenters. The van der Waals surface area contributed by atoms with Crippen LogP contribution in [0, 0.1) is 0 Å². The molecule has 0 spiro atoms. The maximum Gasteiger partial charge on any atom is 0.253 e. The van der Waals surface area contributed by atoms with Crippen molar-refractivity contribution in [2.24, 2.45) is 5.73 Å². The summed E-state index contributed by atoms with van der Waals surface area (Å²) >= 11 is 0. The zero-order valence-electron chi connectivity index (χ0n) is 9.77. The highest BCUT2D eigenvalue weighted by Gasteiger charge is 2.08. The Balaban J connectivity index is 2.67. The lowest BCUT2D eigenvalue weighted by molar-refractivity contribution is 0.0827. The fourth-order valence-electron chi connectivity index (χ4n) is 1.25. The molecule has 1 amide bonds. The second-order valence-electron chi connectivity index (χ2n) is 3.72. The van der Waals surface area contributed by atoms with Gasteiger partial charge in [0.05, 0.1) is 6.61 Å². The summed E-state index contributed by atoms with van der Waals surface area (Å²) in [6, 6.07) is 7.18. The zero-order chi connectivity index (χ0) is 12.0. The monoisotopic (exact) mass is 222 g/mol. The smallest absolute Gasteiger partial charge is 0.253 e. The molecule has 1 rings (SSSR count). The van der Waals surface area contributed by atoms with Gasteiger partial charge in [-0.3, -0.25) is 4.79 Å². The molecule has 0 heterocycles. The van der Waals surface area contributed by atoms with Crippen LogP contribution in [0.4, 0.5) is 0 Å². The van der Waals surface area contributed by atoms with E-state index >= 15 is 0 Å². The second kappa shape index (κ2) is 6.12. The van der Waals surface area contributed by atoms with Crippen LogP contribution < -0.4 is 10.5 Å². The van der Waals surface area contributed by atoms with Crippen molar-refractivity contribution in [2.45, 2.75) is 6.42 Å². The van der Waals surface area contributed by atoms with Gasteiger partial charge in [0.15, 0.2) is 0 Å². The van der Waals surface area contributed by atoms with Crippen LogP contribution in [0.3, 0.4) is 0 Å². The maximum atomic E-state index is 11.7. The minimum absolute atomic E-state index is 0.0238. The molecule has 0 fully saturated rings. The predicted molar refractivity (Wildman–Crippen MR) is 63.6 cm³/mol. The van der Waals surface area contributed by atoms with Gasteiger partial charge in [-0.15, -0.1) is 0 Å². The third-order valence-corrected chi connectivity index (χ3v) is 2.10. The molecule has 2 N–H and O–H groups in total. The van der Waals surface area contributed by atoms with Crippen molar-refractivity contribution in [2.75, 3.05) is 27.2 Å². The van der Waals surface area contributed by atoms with E-state index in [9.17, 15) is 4.79 Å². The molecule has 1 aromatic rings. The summed E-state index contributed by atoms with van der Waals surface area (Å²) in [6.45, 7) is 1.19. The lowest BCUT2D eigenvalue weighted by Gasteiger charge is -2.11. The first-order chi connectivity index (χ1) is 7.65. The zero-order valence-corrected chi connectivity index (χ0v) is 9.77. The van der Waals surface area contributed by atoms with Crippen molar-refractivity contribution in [1.82, 2.24) is 4.90 Å². The van der Waals surface area contributed by atoms with Gasteiger partial charge in [-0.1, -0.05) is 6.07 Å². The Morgan fingerprint density at radius 3 is 2.81 bits per heavy atom. The Hall–Kier alpha value is -1.55. The third kappa shape index (κ3) is 3.55. The standard InChI is InChI=1S/C12H18N2O2/c1-14(2)12(15)10-5-3-6-11(9-10)16-8-4-7-13/h3,5-6,9H,4,7-8,13H2,1-2H3. The number of carbonyl (C=O) groups excluding carboxylic acids is 1. The van der Waals surface area contributed by atoms with Crippen LogP contribution in [-0.2, 0) is 0 Å². The first-order valence-corrected chi connectivity index (χ1v) is 5.29. The fourth-order valence-corrected chi connectivity index (χ4v) is 1.25. The average Bonchev–Trinajstić information content (AvgIpc) is 2.29. The Bertz CT molecular complexity index is 351. The van der Waals surface area contributed by atoms with E-state index in [0.717, 1.165) is 6.42 Å². The Labute approximate surface area is 96.0 Å². The molecule has 0 atom stereocenters. The summed E-state index contributed by atoms with van der Waals surface area (Å²) in [4.78, 5) is 13.2. The topological polar surface area (TPSA) is 55.6 Å². The molecule has 0 aliphatic rings. The van der Waals surface area contributed by atoms with Crippen molar-refractivity contribution in [3.05, 3.63) is 29.8 Å². The van der Waals surface area contributed by atoms with E-state index in [0.29, 0.717) is 24.5 Å². The number of carbonyl (C=O) groups is 1. The molecule has 0 aliphatic carbocycles. The number of rotatable bonds is 5. The van der Waals surface area contributed by atoms with E-state index in [1.807, 2.05) is 12.1 Å². The molecule has 4 nitrogen and oxygen atoms in total. The molecule has 0 bridgehead atoms. The van der Waals surface area contributed by atoms with Crippen LogP contribution in [0.25, 0.3) is 0 Å². The predicted octanol–water partition coefficient (Wildman–Crippen LogP) is 1.12. The van der Waals surface area contributed by atoms with E-state index in [-0.39, 0.29) is 5.91 Å². The van der Waals surface area contributed by atoms with Gasteiger partial charge >= 0.3 is 0 Å². The van der Waals surface area contributed by atoms with Gasteiger partial charge in [-0.2, -0.15) is 0 Å². The van der Waals surface area contributed by atoms with Crippen LogP contribution in [0.5, 0.6) is 5.75 Å². The number of ether oxygens (including phenoxy) is 1. The highest BCUT2D eigenvalue weighted by Crippen LogP contribution is 2.14. The molecular formula is C12H18N2O2. The number of hydrogen-bond acceptors (Lipinski definition) is 3. The normalized spacial score (nSPS) is 9.94. The van der Waals surface area contributed by atoms with Crippen molar-refractivity contribution in [1.29, 1.82) is 0 Å². The molecule has 88 valence electrons. The molecule has 0 aliphatic heterocycles. The molecule has 0 radical (unpaired) electrons. The minimum Gasteiger partial charge on any atom is -0.494 e. The first-order valence-electron chi connectivity index (χ1n) is 5.29. The van der Waals surface area contributed by atoms with Crippen molar-refractivity contribution >= 4 is 5.91 Å². The minimum atomic E-state index is -0.0238. The lowest BCUT2D eigenvalue weighted by atomic mass is 10.2. The lowest BCUT2D eigenvalue weighted by Crippen LogP contribution is -2.21. The summed E-state index contributed by atoms with van der Waals surface area (Å²) < 4.78 is 5.47. The quantitative estimate of drug-likeness (QED) is 0.759. The number of benzene rings is 1. The van der Waals surface area contributed by atoms with Gasteiger partial charge in [-0.25, -0.2) is 0 Å². The van der Waals surface area contributed by atoms with Crippen molar-refractivity contribution in [3.8, 4) is 5.75 Å². The Morgan fingerprint density at radius 2 is 2.19 bits per heavy atom. The number of nitrogens with zero attached hydrogens (tertiary/aromatic N) is 1. The molecule has 16 heavy (non-hydrogen) atoms. The maximum absolute atomic E-state index is 11.7. The largest absolute Gasteiger partial charge is 0.494 e. The van der Waals surface area contributed by atoms with Crippen LogP contribution in [0.2, 0.25) is 0 Å². The molecule has 0 saturated heterocycles. The van der Waals surface area contributed by atoms with Gasteiger partial charge in [0, 0.05) is 19.7 Å². The molecule has 1 aromatic carbocycles. The third-order valence-electron chi connectivity index (χ3n) is 2.10. The highest BCUT2D eigenvalue weighted by atomic mass is 16.5. The van der Waals surface area contributed by atoms with Gasteiger partial charge in [0.25, 0.3) is 5.91 Å². The van der Waals surface area contributed by atoms with Gasteiger partial charge in [-0.05, 0) is 31.2 Å². The van der Waals surface area contributed by atoms with Gasteiger partial charge in [0.2, 0.25) is 0 Å². The van der Waals surface area contributed by atoms with E-state index in [2.05, 4.69) is 0 Å². The van der Waals surface area contributed by atoms with E-state index < -0.39 is 0 Å². The summed E-state index contributed by atoms with van der Waals surface area (Å²) in [5, 5.41) is 0. The highest BCUT2D eigenvalue weighted by molar-refractivity contribution is 5.94. The summed E-state index contributed by atoms with van der Waals surface area (Å²) in [5.41, 5.74) is 6.00. The number of hydrogen-bond donors (Lipinski definition) is 1. The molecular weight excluding hydrogens is 204 g/mol. The van der Waals surface area contributed by atoms with E-state index in [4.69, 9.17) is 10.5 Å². The van der Waals surface area contributed by atoms with Crippen LogP contribution >= 0.6 is 0 Å². The first kappa shape index (κ1) is 12.5.